The summed E-state index contributed by atoms with van der Waals surface area (Å²) in [6.07, 6.45) is 0. The van der Waals surface area contributed by atoms with Crippen LogP contribution < -0.4 is 10.9 Å². The fraction of sp³-hybridized carbons (Fsp3) is 0.0833. The molecule has 148 valence electrons. The lowest BCUT2D eigenvalue weighted by Crippen LogP contribution is -2.22. The summed E-state index contributed by atoms with van der Waals surface area (Å²) in [5.41, 5.74) is 2.64. The van der Waals surface area contributed by atoms with Crippen LogP contribution in [0.4, 0.5) is 5.69 Å². The smallest absolute Gasteiger partial charge is 0.265 e. The van der Waals surface area contributed by atoms with Gasteiger partial charge >= 0.3 is 0 Å². The highest BCUT2D eigenvalue weighted by atomic mass is 16.2. The van der Waals surface area contributed by atoms with Gasteiger partial charge in [-0.05, 0) is 62.4 Å². The fourth-order valence-corrected chi connectivity index (χ4v) is 3.33. The average molecular weight is 397 g/mol. The molecule has 0 fully saturated rings. The first-order chi connectivity index (χ1) is 14.4. The zero-order valence-corrected chi connectivity index (χ0v) is 16.5. The van der Waals surface area contributed by atoms with E-state index in [1.165, 1.54) is 11.5 Å². The molecule has 0 spiro atoms. The third-order valence-electron chi connectivity index (χ3n) is 4.86. The second-order valence-corrected chi connectivity index (χ2v) is 6.95. The minimum absolute atomic E-state index is 0.0692. The second-order valence-electron chi connectivity index (χ2n) is 6.95. The van der Waals surface area contributed by atoms with Gasteiger partial charge < -0.3 is 5.32 Å². The Bertz CT molecular complexity index is 1340. The van der Waals surface area contributed by atoms with Gasteiger partial charge in [-0.2, -0.15) is 0 Å². The van der Waals surface area contributed by atoms with Crippen LogP contribution in [0.25, 0.3) is 16.6 Å². The summed E-state index contributed by atoms with van der Waals surface area (Å²) in [6.45, 7) is 3.25. The number of benzene rings is 3. The van der Waals surface area contributed by atoms with Crippen molar-refractivity contribution in [1.29, 1.82) is 0 Å². The molecule has 0 aliphatic carbocycles. The molecule has 0 unspecified atom stereocenters. The van der Waals surface area contributed by atoms with Crippen LogP contribution in [-0.4, -0.2) is 21.2 Å². The van der Waals surface area contributed by atoms with Crippen molar-refractivity contribution in [2.75, 3.05) is 5.32 Å². The molecule has 6 heteroatoms. The zero-order valence-electron chi connectivity index (χ0n) is 16.5. The van der Waals surface area contributed by atoms with E-state index in [0.717, 1.165) is 0 Å². The first kappa shape index (κ1) is 19.3. The van der Waals surface area contributed by atoms with Gasteiger partial charge in [0.25, 0.3) is 11.5 Å². The number of hydrogen-bond acceptors (Lipinski definition) is 4. The topological polar surface area (TPSA) is 81.1 Å². The Hall–Kier alpha value is -4.06. The van der Waals surface area contributed by atoms with E-state index in [0.29, 0.717) is 39.2 Å². The maximum Gasteiger partial charge on any atom is 0.265 e. The molecule has 1 amide bonds. The van der Waals surface area contributed by atoms with E-state index in [4.69, 9.17) is 0 Å². The monoisotopic (exact) mass is 397 g/mol. The van der Waals surface area contributed by atoms with E-state index in [1.807, 2.05) is 12.1 Å². The van der Waals surface area contributed by atoms with Crippen LogP contribution in [0, 0.1) is 6.92 Å². The molecule has 0 saturated carbocycles. The standard InChI is InChI=1S/C24H19N3O3/c1-15(28)18-6-5-7-19(14-18)26-23(29)17-10-12-20(13-11-17)27-16(2)25-22-9-4-3-8-21(22)24(27)30/h3-14H,1-2H3,(H,26,29). The fourth-order valence-electron chi connectivity index (χ4n) is 3.33. The highest BCUT2D eigenvalue weighted by Crippen LogP contribution is 2.16. The molecule has 4 aromatic rings. The number of aryl methyl sites for hydroxylation is 1. The van der Waals surface area contributed by atoms with E-state index in [-0.39, 0.29) is 17.2 Å². The summed E-state index contributed by atoms with van der Waals surface area (Å²) in [5, 5.41) is 3.32. The molecule has 1 N–H and O–H groups in total. The number of fused-ring (bicyclic) bond motifs is 1. The Morgan fingerprint density at radius 2 is 1.63 bits per heavy atom. The van der Waals surface area contributed by atoms with Gasteiger partial charge in [0.15, 0.2) is 5.78 Å². The van der Waals surface area contributed by atoms with Gasteiger partial charge in [0.1, 0.15) is 5.82 Å². The van der Waals surface area contributed by atoms with Gasteiger partial charge in [0.05, 0.1) is 16.6 Å². The third-order valence-corrected chi connectivity index (χ3v) is 4.86. The highest BCUT2D eigenvalue weighted by molar-refractivity contribution is 6.05. The minimum atomic E-state index is -0.303. The van der Waals surface area contributed by atoms with Crippen molar-refractivity contribution >= 4 is 28.3 Å². The first-order valence-electron chi connectivity index (χ1n) is 9.45. The number of rotatable bonds is 4. The summed E-state index contributed by atoms with van der Waals surface area (Å²) < 4.78 is 1.53. The Balaban J connectivity index is 1.63. The average Bonchev–Trinajstić information content (AvgIpc) is 2.74. The van der Waals surface area contributed by atoms with Crippen LogP contribution >= 0.6 is 0 Å². The lowest BCUT2D eigenvalue weighted by atomic mass is 10.1. The molecule has 1 aromatic heterocycles. The van der Waals surface area contributed by atoms with Crippen molar-refractivity contribution in [3.8, 4) is 5.69 Å². The van der Waals surface area contributed by atoms with Crippen LogP contribution in [0.3, 0.4) is 0 Å². The Kier molecular flexibility index (Phi) is 4.98. The lowest BCUT2D eigenvalue weighted by Gasteiger charge is -2.12. The molecule has 0 saturated heterocycles. The van der Waals surface area contributed by atoms with Crippen LogP contribution in [0.5, 0.6) is 0 Å². The van der Waals surface area contributed by atoms with Crippen LogP contribution in [0.15, 0.2) is 77.6 Å². The number of amides is 1. The van der Waals surface area contributed by atoms with E-state index < -0.39 is 0 Å². The molecule has 1 heterocycles. The molecule has 0 aliphatic heterocycles. The van der Waals surface area contributed by atoms with Crippen LogP contribution in [0.2, 0.25) is 0 Å². The normalized spacial score (nSPS) is 10.7. The van der Waals surface area contributed by atoms with Crippen molar-refractivity contribution in [3.05, 3.63) is 100 Å². The number of aromatic nitrogens is 2. The molecule has 0 radical (unpaired) electrons. The quantitative estimate of drug-likeness (QED) is 0.525. The minimum Gasteiger partial charge on any atom is -0.322 e. The number of anilines is 1. The number of carbonyl (C=O) groups is 2. The maximum absolute atomic E-state index is 12.9. The van der Waals surface area contributed by atoms with Gasteiger partial charge in [-0.25, -0.2) is 4.98 Å². The van der Waals surface area contributed by atoms with Crippen LogP contribution in [-0.2, 0) is 0 Å². The molecule has 0 bridgehead atoms. The van der Waals surface area contributed by atoms with Gasteiger partial charge in [0, 0.05) is 16.8 Å². The van der Waals surface area contributed by atoms with Crippen molar-refractivity contribution in [3.63, 3.8) is 0 Å². The zero-order chi connectivity index (χ0) is 21.3. The molecule has 4 rings (SSSR count). The lowest BCUT2D eigenvalue weighted by molar-refractivity contribution is 0.101. The number of ketones is 1. The van der Waals surface area contributed by atoms with Crippen LogP contribution in [0.1, 0.15) is 33.5 Å². The number of carbonyl (C=O) groups excluding carboxylic acids is 2. The number of Topliss-reactive ketones (excluding diaryl/α,β-unsaturated/α-hetero) is 1. The predicted octanol–water partition coefficient (Wildman–Crippen LogP) is 4.15. The van der Waals surface area contributed by atoms with Gasteiger partial charge in [-0.15, -0.1) is 0 Å². The molecule has 6 nitrogen and oxygen atoms in total. The van der Waals surface area contributed by atoms with Crippen molar-refractivity contribution < 1.29 is 9.59 Å². The Morgan fingerprint density at radius 3 is 2.37 bits per heavy atom. The molecule has 0 aliphatic rings. The van der Waals surface area contributed by atoms with Crippen molar-refractivity contribution in [1.82, 2.24) is 9.55 Å². The number of nitrogens with zero attached hydrogens (tertiary/aromatic N) is 2. The SMILES string of the molecule is CC(=O)c1cccc(NC(=O)c2ccc(-n3c(C)nc4ccccc4c3=O)cc2)c1. The Morgan fingerprint density at radius 1 is 0.900 bits per heavy atom. The number of para-hydroxylation sites is 1. The molecular formula is C24H19N3O3. The van der Waals surface area contributed by atoms with Crippen molar-refractivity contribution in [2.45, 2.75) is 13.8 Å². The first-order valence-corrected chi connectivity index (χ1v) is 9.45. The Labute approximate surface area is 172 Å². The summed E-state index contributed by atoms with van der Waals surface area (Å²) in [5.74, 6) is 0.195. The summed E-state index contributed by atoms with van der Waals surface area (Å²) >= 11 is 0. The second kappa shape index (κ2) is 7.75. The van der Waals surface area contributed by atoms with E-state index in [9.17, 15) is 14.4 Å². The maximum atomic E-state index is 12.9. The largest absolute Gasteiger partial charge is 0.322 e. The molecule has 30 heavy (non-hydrogen) atoms. The van der Waals surface area contributed by atoms with Crippen molar-refractivity contribution in [2.24, 2.45) is 0 Å². The number of hydrogen-bond donors (Lipinski definition) is 1. The predicted molar refractivity (Wildman–Crippen MR) is 116 cm³/mol. The number of nitrogens with one attached hydrogen (secondary N) is 1. The molecular weight excluding hydrogens is 378 g/mol. The third kappa shape index (κ3) is 3.63. The molecule has 3 aromatic carbocycles. The van der Waals surface area contributed by atoms with Gasteiger partial charge in [0.2, 0.25) is 0 Å². The van der Waals surface area contributed by atoms with E-state index in [1.54, 1.807) is 67.6 Å². The van der Waals surface area contributed by atoms with Gasteiger partial charge in [-0.1, -0.05) is 24.3 Å². The van der Waals surface area contributed by atoms with E-state index in [2.05, 4.69) is 10.3 Å². The molecule has 0 atom stereocenters. The van der Waals surface area contributed by atoms with E-state index >= 15 is 0 Å². The summed E-state index contributed by atoms with van der Waals surface area (Å²) in [4.78, 5) is 41.5. The van der Waals surface area contributed by atoms with Gasteiger partial charge in [-0.3, -0.25) is 19.0 Å². The summed E-state index contributed by atoms with van der Waals surface area (Å²) in [6, 6.07) is 20.7. The highest BCUT2D eigenvalue weighted by Gasteiger charge is 2.12. The summed E-state index contributed by atoms with van der Waals surface area (Å²) in [7, 11) is 0.